The first-order valence-corrected chi connectivity index (χ1v) is 10.0. The predicted octanol–water partition coefficient (Wildman–Crippen LogP) is 3.32. The SMILES string of the molecule is CC1=CC(OCCCC2CCN(c3noc(C(C)(F)F)n3)CC2)CC=C1C(N)=O. The maximum Gasteiger partial charge on any atom is 0.322 e. The molecule has 1 saturated heterocycles. The van der Waals surface area contributed by atoms with Gasteiger partial charge >= 0.3 is 5.92 Å². The molecule has 1 aliphatic heterocycles. The Bertz CT molecular complexity index is 777. The van der Waals surface area contributed by atoms with Gasteiger partial charge in [-0.1, -0.05) is 12.2 Å². The minimum atomic E-state index is -3.12. The Morgan fingerprint density at radius 2 is 2.14 bits per heavy atom. The smallest absolute Gasteiger partial charge is 0.322 e. The molecule has 0 spiro atoms. The highest BCUT2D eigenvalue weighted by atomic mass is 19.3. The first kappa shape index (κ1) is 21.4. The van der Waals surface area contributed by atoms with Gasteiger partial charge in [-0.05, 0) is 55.7 Å². The van der Waals surface area contributed by atoms with Gasteiger partial charge in [-0.15, -0.1) is 0 Å². The third-order valence-corrected chi connectivity index (χ3v) is 5.46. The fraction of sp³-hybridized carbons (Fsp3) is 0.650. The number of amides is 1. The van der Waals surface area contributed by atoms with Gasteiger partial charge in [0.2, 0.25) is 5.91 Å². The molecule has 3 rings (SSSR count). The Hall–Kier alpha value is -2.29. The predicted molar refractivity (Wildman–Crippen MR) is 103 cm³/mol. The van der Waals surface area contributed by atoms with Gasteiger partial charge in [0.1, 0.15) is 0 Å². The molecule has 9 heteroatoms. The van der Waals surface area contributed by atoms with E-state index in [4.69, 9.17) is 10.5 Å². The van der Waals surface area contributed by atoms with Crippen molar-refractivity contribution in [1.29, 1.82) is 0 Å². The van der Waals surface area contributed by atoms with E-state index in [0.717, 1.165) is 51.3 Å². The lowest BCUT2D eigenvalue weighted by molar-refractivity contribution is -0.114. The van der Waals surface area contributed by atoms with E-state index < -0.39 is 17.7 Å². The number of aromatic nitrogens is 2. The summed E-state index contributed by atoms with van der Waals surface area (Å²) < 4.78 is 37.0. The van der Waals surface area contributed by atoms with Crippen molar-refractivity contribution >= 4 is 11.9 Å². The minimum Gasteiger partial charge on any atom is -0.374 e. The van der Waals surface area contributed by atoms with Crippen LogP contribution in [-0.4, -0.2) is 41.8 Å². The molecule has 0 bridgehead atoms. The first-order valence-electron chi connectivity index (χ1n) is 10.0. The quantitative estimate of drug-likeness (QED) is 0.661. The van der Waals surface area contributed by atoms with Crippen molar-refractivity contribution in [2.75, 3.05) is 24.6 Å². The zero-order valence-electron chi connectivity index (χ0n) is 16.9. The number of halogens is 2. The Balaban J connectivity index is 1.35. The van der Waals surface area contributed by atoms with Gasteiger partial charge in [-0.2, -0.15) is 13.8 Å². The molecule has 1 amide bonds. The van der Waals surface area contributed by atoms with E-state index in [1.807, 2.05) is 24.0 Å². The maximum atomic E-state index is 13.2. The van der Waals surface area contributed by atoms with Crippen molar-refractivity contribution < 1.29 is 22.8 Å². The van der Waals surface area contributed by atoms with Crippen LogP contribution in [0.5, 0.6) is 0 Å². The van der Waals surface area contributed by atoms with Gasteiger partial charge in [0.05, 0.1) is 6.10 Å². The highest BCUT2D eigenvalue weighted by molar-refractivity contribution is 5.96. The normalized spacial score (nSPS) is 21.1. The molecule has 29 heavy (non-hydrogen) atoms. The van der Waals surface area contributed by atoms with Gasteiger partial charge in [-0.25, -0.2) is 0 Å². The van der Waals surface area contributed by atoms with Crippen LogP contribution in [0, 0.1) is 5.92 Å². The third kappa shape index (κ3) is 5.62. The second-order valence-corrected chi connectivity index (χ2v) is 7.84. The van der Waals surface area contributed by atoms with Crippen molar-refractivity contribution in [3.63, 3.8) is 0 Å². The Morgan fingerprint density at radius 3 is 2.72 bits per heavy atom. The summed E-state index contributed by atoms with van der Waals surface area (Å²) in [5.74, 6) is -3.35. The molecule has 1 atom stereocenters. The Kier molecular flexibility index (Phi) is 6.66. The van der Waals surface area contributed by atoms with E-state index in [0.29, 0.717) is 24.5 Å². The lowest BCUT2D eigenvalue weighted by atomic mass is 9.92. The summed E-state index contributed by atoms with van der Waals surface area (Å²) in [7, 11) is 0. The molecule has 0 radical (unpaired) electrons. The fourth-order valence-electron chi connectivity index (χ4n) is 3.79. The van der Waals surface area contributed by atoms with Crippen LogP contribution in [0.2, 0.25) is 0 Å². The Labute approximate surface area is 169 Å². The number of carbonyl (C=O) groups excluding carboxylic acids is 1. The largest absolute Gasteiger partial charge is 0.374 e. The van der Waals surface area contributed by atoms with Gasteiger partial charge < -0.3 is 19.9 Å². The standard InChI is InChI=1S/C20H28F2N4O3/c1-13-12-15(5-6-16(13)17(23)27)28-11-3-4-14-7-9-26(10-8-14)19-24-18(29-25-19)20(2,21)22/h6,12,14-15H,3-5,7-11H2,1-2H3,(H2,23,27). The molecule has 1 aliphatic carbocycles. The molecule has 1 aromatic rings. The third-order valence-electron chi connectivity index (χ3n) is 5.46. The summed E-state index contributed by atoms with van der Waals surface area (Å²) in [6.07, 6.45) is 8.37. The lowest BCUT2D eigenvalue weighted by Crippen LogP contribution is -2.34. The summed E-state index contributed by atoms with van der Waals surface area (Å²) in [6.45, 7) is 4.73. The number of ether oxygens (including phenoxy) is 1. The van der Waals surface area contributed by atoms with Crippen LogP contribution in [0.1, 0.15) is 51.8 Å². The number of piperidine rings is 1. The molecule has 7 nitrogen and oxygen atoms in total. The number of primary amides is 1. The van der Waals surface area contributed by atoms with Crippen LogP contribution in [0.15, 0.2) is 27.8 Å². The Morgan fingerprint density at radius 1 is 1.41 bits per heavy atom. The molecule has 1 aromatic heterocycles. The molecule has 1 unspecified atom stereocenters. The number of hydrogen-bond acceptors (Lipinski definition) is 6. The topological polar surface area (TPSA) is 94.5 Å². The van der Waals surface area contributed by atoms with Crippen LogP contribution < -0.4 is 10.6 Å². The number of anilines is 1. The zero-order valence-corrected chi connectivity index (χ0v) is 16.9. The van der Waals surface area contributed by atoms with E-state index in [1.165, 1.54) is 0 Å². The van der Waals surface area contributed by atoms with Crippen molar-refractivity contribution in [1.82, 2.24) is 10.1 Å². The summed E-state index contributed by atoms with van der Waals surface area (Å²) in [4.78, 5) is 17.0. The van der Waals surface area contributed by atoms with Crippen molar-refractivity contribution in [3.05, 3.63) is 29.2 Å². The van der Waals surface area contributed by atoms with Gasteiger partial charge in [0, 0.05) is 32.2 Å². The molecule has 0 aromatic carbocycles. The molecule has 0 saturated carbocycles. The molecular formula is C20H28F2N4O3. The summed E-state index contributed by atoms with van der Waals surface area (Å²) in [6, 6.07) is 0. The van der Waals surface area contributed by atoms with Crippen molar-refractivity contribution in [2.24, 2.45) is 11.7 Å². The van der Waals surface area contributed by atoms with E-state index in [9.17, 15) is 13.6 Å². The molecule has 2 heterocycles. The monoisotopic (exact) mass is 410 g/mol. The van der Waals surface area contributed by atoms with Gasteiger partial charge in [0.15, 0.2) is 0 Å². The van der Waals surface area contributed by atoms with Gasteiger partial charge in [0.25, 0.3) is 11.8 Å². The highest BCUT2D eigenvalue weighted by Gasteiger charge is 2.33. The second kappa shape index (κ2) is 9.02. The molecule has 160 valence electrons. The maximum absolute atomic E-state index is 13.2. The number of hydrogen-bond donors (Lipinski definition) is 1. The summed E-state index contributed by atoms with van der Waals surface area (Å²) in [5.41, 5.74) is 6.78. The average Bonchev–Trinajstić information content (AvgIpc) is 3.16. The highest BCUT2D eigenvalue weighted by Crippen LogP contribution is 2.29. The number of nitrogens with zero attached hydrogens (tertiary/aromatic N) is 3. The van der Waals surface area contributed by atoms with Crippen LogP contribution in [0.4, 0.5) is 14.7 Å². The molecule has 1 fully saturated rings. The van der Waals surface area contributed by atoms with Crippen LogP contribution in [0.25, 0.3) is 0 Å². The van der Waals surface area contributed by atoms with Crippen LogP contribution in [0.3, 0.4) is 0 Å². The van der Waals surface area contributed by atoms with E-state index in [2.05, 4.69) is 14.7 Å². The van der Waals surface area contributed by atoms with Crippen molar-refractivity contribution in [3.8, 4) is 0 Å². The number of nitrogens with two attached hydrogens (primary N) is 1. The fourth-order valence-corrected chi connectivity index (χ4v) is 3.79. The van der Waals surface area contributed by atoms with E-state index >= 15 is 0 Å². The number of alkyl halides is 2. The molecule has 2 aliphatic rings. The van der Waals surface area contributed by atoms with Gasteiger partial charge in [-0.3, -0.25) is 4.79 Å². The number of rotatable bonds is 8. The minimum absolute atomic E-state index is 0.0101. The zero-order chi connectivity index (χ0) is 21.0. The van der Waals surface area contributed by atoms with Crippen molar-refractivity contribution in [2.45, 2.75) is 58.0 Å². The summed E-state index contributed by atoms with van der Waals surface area (Å²) >= 11 is 0. The average molecular weight is 410 g/mol. The summed E-state index contributed by atoms with van der Waals surface area (Å²) in [5, 5.41) is 3.68. The molecule has 2 N–H and O–H groups in total. The van der Waals surface area contributed by atoms with E-state index in [1.54, 1.807) is 0 Å². The second-order valence-electron chi connectivity index (χ2n) is 7.84. The first-order chi connectivity index (χ1) is 13.7. The molecular weight excluding hydrogens is 382 g/mol. The number of carbonyl (C=O) groups is 1. The van der Waals surface area contributed by atoms with Crippen LogP contribution >= 0.6 is 0 Å². The lowest BCUT2D eigenvalue weighted by Gasteiger charge is -2.31. The van der Waals surface area contributed by atoms with E-state index in [-0.39, 0.29) is 12.1 Å². The van der Waals surface area contributed by atoms with Crippen LogP contribution in [-0.2, 0) is 15.5 Å².